The maximum atomic E-state index is 12.8. The molecule has 1 aromatic carbocycles. The maximum absolute atomic E-state index is 12.8. The highest BCUT2D eigenvalue weighted by Gasteiger charge is 2.19. The largest absolute Gasteiger partial charge is 0.480 e. The molecule has 0 fully saturated rings. The number of rotatable bonds is 6. The molecule has 0 heterocycles. The van der Waals surface area contributed by atoms with Crippen LogP contribution in [0.4, 0.5) is 10.1 Å². The number of hydrogen-bond acceptors (Lipinski definition) is 3. The Hall–Kier alpha value is -1.23. The minimum absolute atomic E-state index is 0.290. The Bertz CT molecular complexity index is 398. The molecule has 0 amide bonds. The van der Waals surface area contributed by atoms with Gasteiger partial charge in [0.05, 0.1) is 0 Å². The fourth-order valence-corrected chi connectivity index (χ4v) is 2.44. The molecular weight excluding hydrogens is 241 g/mol. The van der Waals surface area contributed by atoms with Gasteiger partial charge in [-0.1, -0.05) is 19.8 Å². The molecular formula is C12H16FNO2S. The van der Waals surface area contributed by atoms with Crippen molar-refractivity contribution in [2.24, 2.45) is 0 Å². The van der Waals surface area contributed by atoms with E-state index in [0.29, 0.717) is 11.3 Å². The Balaban J connectivity index is 2.75. The van der Waals surface area contributed by atoms with E-state index in [9.17, 15) is 9.18 Å². The molecule has 1 unspecified atom stereocenters. The smallest absolute Gasteiger partial charge is 0.316 e. The predicted octanol–water partition coefficient (Wildman–Crippen LogP) is 3.14. The van der Waals surface area contributed by atoms with Crippen LogP contribution in [-0.4, -0.2) is 16.3 Å². The second-order valence-corrected chi connectivity index (χ2v) is 5.01. The van der Waals surface area contributed by atoms with Gasteiger partial charge in [-0.05, 0) is 24.6 Å². The van der Waals surface area contributed by atoms with Crippen molar-refractivity contribution >= 4 is 23.4 Å². The van der Waals surface area contributed by atoms with E-state index in [1.165, 1.54) is 30.0 Å². The van der Waals surface area contributed by atoms with E-state index in [0.717, 1.165) is 12.8 Å². The minimum Gasteiger partial charge on any atom is -0.480 e. The third-order valence-electron chi connectivity index (χ3n) is 2.34. The molecule has 5 heteroatoms. The highest BCUT2D eigenvalue weighted by molar-refractivity contribution is 8.00. The molecule has 1 atom stereocenters. The van der Waals surface area contributed by atoms with Crippen LogP contribution in [0.25, 0.3) is 0 Å². The molecule has 17 heavy (non-hydrogen) atoms. The number of carboxylic acids is 1. The minimum atomic E-state index is -0.854. The number of benzene rings is 1. The Morgan fingerprint density at radius 3 is 2.82 bits per heavy atom. The lowest BCUT2D eigenvalue weighted by Gasteiger charge is -2.12. The summed E-state index contributed by atoms with van der Waals surface area (Å²) in [5.41, 5.74) is 5.93. The van der Waals surface area contributed by atoms with Gasteiger partial charge in [0.1, 0.15) is 11.1 Å². The summed E-state index contributed by atoms with van der Waals surface area (Å²) in [6.07, 6.45) is 2.39. The van der Waals surface area contributed by atoms with Gasteiger partial charge in [-0.2, -0.15) is 0 Å². The number of nitrogen functional groups attached to an aromatic ring is 1. The summed E-state index contributed by atoms with van der Waals surface area (Å²) in [5, 5.41) is 8.55. The van der Waals surface area contributed by atoms with E-state index < -0.39 is 17.0 Å². The Morgan fingerprint density at radius 2 is 2.29 bits per heavy atom. The number of thioether (sulfide) groups is 1. The molecule has 0 saturated carbocycles. The topological polar surface area (TPSA) is 63.3 Å². The fourth-order valence-electron chi connectivity index (χ4n) is 1.40. The number of anilines is 1. The van der Waals surface area contributed by atoms with Crippen LogP contribution in [0.1, 0.15) is 26.2 Å². The average Bonchev–Trinajstić information content (AvgIpc) is 2.26. The SMILES string of the molecule is CCCCC(Sc1ccc(F)cc1N)C(=O)O. The van der Waals surface area contributed by atoms with Crippen LogP contribution in [0, 0.1) is 5.82 Å². The molecule has 0 aliphatic heterocycles. The number of carbonyl (C=O) groups is 1. The van der Waals surface area contributed by atoms with Crippen molar-refractivity contribution in [2.45, 2.75) is 36.3 Å². The summed E-state index contributed by atoms with van der Waals surface area (Å²) < 4.78 is 12.8. The highest BCUT2D eigenvalue weighted by atomic mass is 32.2. The molecule has 0 aliphatic rings. The van der Waals surface area contributed by atoms with Gasteiger partial charge < -0.3 is 10.8 Å². The van der Waals surface area contributed by atoms with Crippen LogP contribution >= 0.6 is 11.8 Å². The van der Waals surface area contributed by atoms with Crippen molar-refractivity contribution in [2.75, 3.05) is 5.73 Å². The lowest BCUT2D eigenvalue weighted by molar-refractivity contribution is -0.136. The number of halogens is 1. The first-order valence-electron chi connectivity index (χ1n) is 5.49. The lowest BCUT2D eigenvalue weighted by atomic mass is 10.2. The van der Waals surface area contributed by atoms with Gasteiger partial charge in [0.15, 0.2) is 0 Å². The predicted molar refractivity (Wildman–Crippen MR) is 67.6 cm³/mol. The first-order chi connectivity index (χ1) is 8.04. The maximum Gasteiger partial charge on any atom is 0.316 e. The fraction of sp³-hybridized carbons (Fsp3) is 0.417. The van der Waals surface area contributed by atoms with Crippen molar-refractivity contribution < 1.29 is 14.3 Å². The zero-order chi connectivity index (χ0) is 12.8. The summed E-state index contributed by atoms with van der Waals surface area (Å²) in [5.74, 6) is -1.26. The van der Waals surface area contributed by atoms with Gasteiger partial charge in [0, 0.05) is 10.6 Å². The zero-order valence-corrected chi connectivity index (χ0v) is 10.5. The normalized spacial score (nSPS) is 12.4. The van der Waals surface area contributed by atoms with Crippen molar-refractivity contribution in [1.82, 2.24) is 0 Å². The molecule has 0 saturated heterocycles. The lowest BCUT2D eigenvalue weighted by Crippen LogP contribution is -2.16. The molecule has 0 radical (unpaired) electrons. The van der Waals surface area contributed by atoms with Gasteiger partial charge >= 0.3 is 5.97 Å². The first kappa shape index (κ1) is 13.8. The summed E-state index contributed by atoms with van der Waals surface area (Å²) in [7, 11) is 0. The number of unbranched alkanes of at least 4 members (excludes halogenated alkanes) is 1. The Kier molecular flexibility index (Phi) is 5.28. The Labute approximate surface area is 104 Å². The van der Waals surface area contributed by atoms with Crippen LogP contribution in [0.2, 0.25) is 0 Å². The van der Waals surface area contributed by atoms with Crippen LogP contribution in [0.3, 0.4) is 0 Å². The molecule has 0 bridgehead atoms. The molecule has 94 valence electrons. The molecule has 1 aromatic rings. The second kappa shape index (κ2) is 6.49. The quantitative estimate of drug-likeness (QED) is 0.607. The summed E-state index contributed by atoms with van der Waals surface area (Å²) in [6.45, 7) is 2.01. The number of carboxylic acid groups (broad SMARTS) is 1. The third-order valence-corrected chi connectivity index (χ3v) is 3.68. The highest BCUT2D eigenvalue weighted by Crippen LogP contribution is 2.31. The van der Waals surface area contributed by atoms with Gasteiger partial charge in [0.25, 0.3) is 0 Å². The van der Waals surface area contributed by atoms with Crippen molar-refractivity contribution in [1.29, 1.82) is 0 Å². The van der Waals surface area contributed by atoms with Gasteiger partial charge in [-0.15, -0.1) is 11.8 Å². The Morgan fingerprint density at radius 1 is 1.59 bits per heavy atom. The van der Waals surface area contributed by atoms with Crippen molar-refractivity contribution in [3.63, 3.8) is 0 Å². The average molecular weight is 257 g/mol. The van der Waals surface area contributed by atoms with Gasteiger partial charge in [-0.3, -0.25) is 4.79 Å². The number of hydrogen-bond donors (Lipinski definition) is 2. The standard InChI is InChI=1S/C12H16FNO2S/c1-2-3-4-11(12(15)16)17-10-6-5-8(13)7-9(10)14/h5-7,11H,2-4,14H2,1H3,(H,15,16). The van der Waals surface area contributed by atoms with Crippen LogP contribution in [0.15, 0.2) is 23.1 Å². The van der Waals surface area contributed by atoms with Gasteiger partial charge in [-0.25, -0.2) is 4.39 Å². The van der Waals surface area contributed by atoms with E-state index >= 15 is 0 Å². The first-order valence-corrected chi connectivity index (χ1v) is 6.37. The molecule has 0 aliphatic carbocycles. The molecule has 3 N–H and O–H groups in total. The monoisotopic (exact) mass is 257 g/mol. The number of aliphatic carboxylic acids is 1. The van der Waals surface area contributed by atoms with Gasteiger partial charge in [0.2, 0.25) is 0 Å². The summed E-state index contributed by atoms with van der Waals surface area (Å²) in [4.78, 5) is 11.7. The molecule has 3 nitrogen and oxygen atoms in total. The summed E-state index contributed by atoms with van der Waals surface area (Å²) >= 11 is 1.18. The zero-order valence-electron chi connectivity index (χ0n) is 9.65. The van der Waals surface area contributed by atoms with E-state index in [1.807, 2.05) is 6.92 Å². The van der Waals surface area contributed by atoms with E-state index in [1.54, 1.807) is 0 Å². The van der Waals surface area contributed by atoms with E-state index in [2.05, 4.69) is 0 Å². The number of nitrogens with two attached hydrogens (primary N) is 1. The summed E-state index contributed by atoms with van der Waals surface area (Å²) in [6, 6.07) is 4.02. The molecule has 0 aromatic heterocycles. The van der Waals surface area contributed by atoms with Crippen molar-refractivity contribution in [3.05, 3.63) is 24.0 Å². The van der Waals surface area contributed by atoms with Crippen LogP contribution in [0.5, 0.6) is 0 Å². The second-order valence-electron chi connectivity index (χ2n) is 3.77. The molecule has 1 rings (SSSR count). The van der Waals surface area contributed by atoms with E-state index in [4.69, 9.17) is 10.8 Å². The van der Waals surface area contributed by atoms with Crippen molar-refractivity contribution in [3.8, 4) is 0 Å². The van der Waals surface area contributed by atoms with E-state index in [-0.39, 0.29) is 5.69 Å². The van der Waals surface area contributed by atoms with Crippen LogP contribution < -0.4 is 5.73 Å². The van der Waals surface area contributed by atoms with Crippen LogP contribution in [-0.2, 0) is 4.79 Å². The molecule has 0 spiro atoms. The third kappa shape index (κ3) is 4.26.